The number of nitrogens with one attached hydrogen (secondary N) is 1. The van der Waals surface area contributed by atoms with Crippen molar-refractivity contribution in [2.24, 2.45) is 0 Å². The molecule has 0 aliphatic rings. The second kappa shape index (κ2) is 8.24. The van der Waals surface area contributed by atoms with Crippen molar-refractivity contribution in [3.63, 3.8) is 0 Å². The van der Waals surface area contributed by atoms with E-state index in [0.29, 0.717) is 12.1 Å². The molecule has 1 aromatic heterocycles. The van der Waals surface area contributed by atoms with Crippen LogP contribution in [0.1, 0.15) is 11.1 Å². The highest BCUT2D eigenvalue weighted by Gasteiger charge is 2.08. The van der Waals surface area contributed by atoms with Crippen molar-refractivity contribution >= 4 is 5.91 Å². The van der Waals surface area contributed by atoms with Gasteiger partial charge in [-0.05, 0) is 37.2 Å². The molecule has 2 aromatic rings. The first-order chi connectivity index (χ1) is 10.6. The zero-order valence-corrected chi connectivity index (χ0v) is 12.6. The molecule has 0 radical (unpaired) electrons. The summed E-state index contributed by atoms with van der Waals surface area (Å²) in [5.74, 6) is -0.408. The van der Waals surface area contributed by atoms with E-state index in [9.17, 15) is 9.18 Å². The Morgan fingerprint density at radius 2 is 1.95 bits per heavy atom. The third-order valence-electron chi connectivity index (χ3n) is 3.38. The number of hydrogen-bond acceptors (Lipinski definition) is 3. The van der Waals surface area contributed by atoms with Gasteiger partial charge in [-0.2, -0.15) is 0 Å². The summed E-state index contributed by atoms with van der Waals surface area (Å²) in [6.45, 7) is 1.28. The number of amides is 1. The number of aromatic nitrogens is 1. The van der Waals surface area contributed by atoms with Crippen molar-refractivity contribution in [2.45, 2.75) is 13.0 Å². The van der Waals surface area contributed by atoms with Crippen LogP contribution >= 0.6 is 0 Å². The Morgan fingerprint density at radius 1 is 1.23 bits per heavy atom. The second-order valence-electron chi connectivity index (χ2n) is 5.21. The first kappa shape index (κ1) is 16.1. The number of halogens is 1. The summed E-state index contributed by atoms with van der Waals surface area (Å²) in [7, 11) is 1.89. The molecule has 0 bridgehead atoms. The van der Waals surface area contributed by atoms with E-state index in [-0.39, 0.29) is 18.3 Å². The highest BCUT2D eigenvalue weighted by atomic mass is 19.1. The summed E-state index contributed by atoms with van der Waals surface area (Å²) in [5, 5.41) is 2.74. The molecule has 2 rings (SSSR count). The van der Waals surface area contributed by atoms with E-state index in [2.05, 4.69) is 10.3 Å². The number of rotatable bonds is 7. The molecule has 0 saturated heterocycles. The van der Waals surface area contributed by atoms with Gasteiger partial charge in [0.05, 0.1) is 6.54 Å². The molecule has 1 heterocycles. The van der Waals surface area contributed by atoms with Crippen molar-refractivity contribution in [3.05, 3.63) is 65.7 Å². The Hall–Kier alpha value is -2.27. The van der Waals surface area contributed by atoms with Crippen LogP contribution in [0.3, 0.4) is 0 Å². The predicted octanol–water partition coefficient (Wildman–Crippen LogP) is 2.01. The lowest BCUT2D eigenvalue weighted by molar-refractivity contribution is -0.122. The standard InChI is InChI=1S/C17H20FN3O/c1-21(11-8-14-6-9-19-10-7-14)13-17(22)20-12-15-4-2-3-5-16(15)18/h2-7,9-10H,8,11-13H2,1H3,(H,20,22). The minimum atomic E-state index is -0.297. The van der Waals surface area contributed by atoms with E-state index in [1.165, 1.54) is 11.6 Å². The Labute approximate surface area is 130 Å². The highest BCUT2D eigenvalue weighted by Crippen LogP contribution is 2.05. The first-order valence-electron chi connectivity index (χ1n) is 7.22. The fourth-order valence-corrected chi connectivity index (χ4v) is 2.09. The molecule has 0 aliphatic carbocycles. The van der Waals surface area contributed by atoms with Crippen LogP contribution < -0.4 is 5.32 Å². The summed E-state index contributed by atoms with van der Waals surface area (Å²) in [6.07, 6.45) is 4.38. The molecule has 5 heteroatoms. The van der Waals surface area contributed by atoms with E-state index < -0.39 is 0 Å². The maximum atomic E-state index is 13.4. The fourth-order valence-electron chi connectivity index (χ4n) is 2.09. The number of likely N-dealkylation sites (N-methyl/N-ethyl adjacent to an activating group) is 1. The summed E-state index contributed by atoms with van der Waals surface area (Å²) in [6, 6.07) is 10.4. The van der Waals surface area contributed by atoms with Gasteiger partial charge < -0.3 is 5.32 Å². The van der Waals surface area contributed by atoms with E-state index in [1.807, 2.05) is 24.1 Å². The number of nitrogens with zero attached hydrogens (tertiary/aromatic N) is 2. The lowest BCUT2D eigenvalue weighted by Crippen LogP contribution is -2.35. The van der Waals surface area contributed by atoms with Crippen molar-refractivity contribution in [2.75, 3.05) is 20.1 Å². The molecular formula is C17H20FN3O. The molecule has 1 aromatic carbocycles. The number of pyridine rings is 1. The van der Waals surface area contributed by atoms with Gasteiger partial charge in [-0.15, -0.1) is 0 Å². The lowest BCUT2D eigenvalue weighted by Gasteiger charge is -2.16. The van der Waals surface area contributed by atoms with Crippen LogP contribution in [0.4, 0.5) is 4.39 Å². The Balaban J connectivity index is 1.71. The van der Waals surface area contributed by atoms with Crippen molar-refractivity contribution in [3.8, 4) is 0 Å². The highest BCUT2D eigenvalue weighted by molar-refractivity contribution is 5.77. The second-order valence-corrected chi connectivity index (χ2v) is 5.21. The van der Waals surface area contributed by atoms with E-state index in [1.54, 1.807) is 30.6 Å². The molecule has 0 unspecified atom stereocenters. The van der Waals surface area contributed by atoms with Crippen molar-refractivity contribution < 1.29 is 9.18 Å². The number of carbonyl (C=O) groups excluding carboxylic acids is 1. The predicted molar refractivity (Wildman–Crippen MR) is 83.7 cm³/mol. The largest absolute Gasteiger partial charge is 0.351 e. The summed E-state index contributed by atoms with van der Waals surface area (Å²) < 4.78 is 13.4. The maximum absolute atomic E-state index is 13.4. The molecule has 116 valence electrons. The van der Waals surface area contributed by atoms with Crippen LogP contribution in [-0.2, 0) is 17.8 Å². The van der Waals surface area contributed by atoms with E-state index in [4.69, 9.17) is 0 Å². The molecule has 0 spiro atoms. The molecular weight excluding hydrogens is 281 g/mol. The van der Waals surface area contributed by atoms with Gasteiger partial charge in [0.1, 0.15) is 5.82 Å². The number of benzene rings is 1. The zero-order valence-electron chi connectivity index (χ0n) is 12.6. The monoisotopic (exact) mass is 301 g/mol. The average molecular weight is 301 g/mol. The molecule has 1 amide bonds. The molecule has 0 atom stereocenters. The van der Waals surface area contributed by atoms with Crippen molar-refractivity contribution in [1.82, 2.24) is 15.2 Å². The SMILES string of the molecule is CN(CCc1ccncc1)CC(=O)NCc1ccccc1F. The van der Waals surface area contributed by atoms with Gasteiger partial charge in [-0.1, -0.05) is 18.2 Å². The van der Waals surface area contributed by atoms with Crippen LogP contribution in [0.5, 0.6) is 0 Å². The van der Waals surface area contributed by atoms with Crippen LogP contribution in [0.15, 0.2) is 48.8 Å². The van der Waals surface area contributed by atoms with Gasteiger partial charge >= 0.3 is 0 Å². The first-order valence-corrected chi connectivity index (χ1v) is 7.22. The molecule has 0 fully saturated rings. The van der Waals surface area contributed by atoms with Crippen LogP contribution in [0.2, 0.25) is 0 Å². The van der Waals surface area contributed by atoms with Gasteiger partial charge in [0.2, 0.25) is 5.91 Å². The zero-order chi connectivity index (χ0) is 15.8. The topological polar surface area (TPSA) is 45.2 Å². The lowest BCUT2D eigenvalue weighted by atomic mass is 10.2. The van der Waals surface area contributed by atoms with E-state index >= 15 is 0 Å². The number of hydrogen-bond donors (Lipinski definition) is 1. The minimum Gasteiger partial charge on any atom is -0.351 e. The summed E-state index contributed by atoms with van der Waals surface area (Å²) >= 11 is 0. The Morgan fingerprint density at radius 3 is 2.68 bits per heavy atom. The third-order valence-corrected chi connectivity index (χ3v) is 3.38. The third kappa shape index (κ3) is 5.26. The van der Waals surface area contributed by atoms with Crippen LogP contribution in [-0.4, -0.2) is 35.9 Å². The molecule has 1 N–H and O–H groups in total. The van der Waals surface area contributed by atoms with Crippen molar-refractivity contribution in [1.29, 1.82) is 0 Å². The van der Waals surface area contributed by atoms with Gasteiger partial charge in [-0.3, -0.25) is 14.7 Å². The van der Waals surface area contributed by atoms with Gasteiger partial charge in [0.25, 0.3) is 0 Å². The van der Waals surface area contributed by atoms with Crippen LogP contribution in [0.25, 0.3) is 0 Å². The molecule has 22 heavy (non-hydrogen) atoms. The average Bonchev–Trinajstić information content (AvgIpc) is 2.53. The Bertz CT molecular complexity index is 604. The molecule has 0 saturated carbocycles. The van der Waals surface area contributed by atoms with Crippen LogP contribution in [0, 0.1) is 5.82 Å². The minimum absolute atomic E-state index is 0.111. The summed E-state index contributed by atoms with van der Waals surface area (Å²) in [4.78, 5) is 17.8. The quantitative estimate of drug-likeness (QED) is 0.851. The van der Waals surface area contributed by atoms with Gasteiger partial charge in [0, 0.05) is 31.0 Å². The number of carbonyl (C=O) groups is 1. The maximum Gasteiger partial charge on any atom is 0.234 e. The molecule has 0 aliphatic heterocycles. The summed E-state index contributed by atoms with van der Waals surface area (Å²) in [5.41, 5.74) is 1.68. The smallest absolute Gasteiger partial charge is 0.234 e. The van der Waals surface area contributed by atoms with Gasteiger partial charge in [-0.25, -0.2) is 4.39 Å². The van der Waals surface area contributed by atoms with E-state index in [0.717, 1.165) is 13.0 Å². The van der Waals surface area contributed by atoms with Gasteiger partial charge in [0.15, 0.2) is 0 Å². The molecule has 4 nitrogen and oxygen atoms in total. The fraction of sp³-hybridized carbons (Fsp3) is 0.294. The Kier molecular flexibility index (Phi) is 6.03. The normalized spacial score (nSPS) is 10.7.